The number of hydrogen-bond acceptors (Lipinski definition) is 4. The first-order chi connectivity index (χ1) is 14.2. The Kier molecular flexibility index (Phi) is 7.32. The van der Waals surface area contributed by atoms with Crippen LogP contribution in [0, 0.1) is 0 Å². The molecule has 5 nitrogen and oxygen atoms in total. The molecule has 1 amide bonds. The number of nitrogens with one attached hydrogen (secondary N) is 1. The van der Waals surface area contributed by atoms with Crippen LogP contribution in [0.25, 0.3) is 0 Å². The van der Waals surface area contributed by atoms with Gasteiger partial charge in [0.15, 0.2) is 0 Å². The number of likely N-dealkylation sites (N-methyl/N-ethyl adjacent to an activating group) is 1. The Morgan fingerprint density at radius 2 is 1.90 bits per heavy atom. The van der Waals surface area contributed by atoms with Crippen molar-refractivity contribution in [2.45, 2.75) is 61.5 Å². The highest BCUT2D eigenvalue weighted by Gasteiger charge is 2.22. The molecule has 6 heteroatoms. The predicted molar refractivity (Wildman–Crippen MR) is 120 cm³/mol. The zero-order valence-electron chi connectivity index (χ0n) is 18.3. The molecule has 2 aromatic carbocycles. The highest BCUT2D eigenvalue weighted by molar-refractivity contribution is 7.85. The van der Waals surface area contributed by atoms with E-state index in [9.17, 15) is 9.00 Å². The van der Waals surface area contributed by atoms with E-state index >= 15 is 0 Å². The van der Waals surface area contributed by atoms with Crippen LogP contribution < -0.4 is 5.32 Å². The van der Waals surface area contributed by atoms with E-state index in [2.05, 4.69) is 17.4 Å². The normalized spacial score (nSPS) is 17.1. The van der Waals surface area contributed by atoms with Crippen molar-refractivity contribution in [3.05, 3.63) is 59.7 Å². The molecule has 1 aliphatic rings. The fourth-order valence-corrected chi connectivity index (χ4v) is 4.75. The molecule has 0 saturated carbocycles. The van der Waals surface area contributed by atoms with Crippen LogP contribution in [-0.4, -0.2) is 40.9 Å². The largest absolute Gasteiger partial charge is 0.444 e. The number of carbonyl (C=O) groups is 1. The molecule has 2 atom stereocenters. The van der Waals surface area contributed by atoms with Crippen LogP contribution >= 0.6 is 0 Å². The van der Waals surface area contributed by atoms with Gasteiger partial charge in [0.25, 0.3) is 0 Å². The first-order valence-corrected chi connectivity index (χ1v) is 11.7. The van der Waals surface area contributed by atoms with E-state index in [4.69, 9.17) is 4.74 Å². The van der Waals surface area contributed by atoms with Crippen molar-refractivity contribution < 1.29 is 13.7 Å². The third kappa shape index (κ3) is 5.92. The number of hydrogen-bond donors (Lipinski definition) is 1. The molecule has 0 saturated heterocycles. The molecular weight excluding hydrogens is 396 g/mol. The average Bonchev–Trinajstić information content (AvgIpc) is 2.72. The molecule has 0 fully saturated rings. The van der Waals surface area contributed by atoms with Crippen molar-refractivity contribution in [1.82, 2.24) is 10.2 Å². The van der Waals surface area contributed by atoms with Crippen LogP contribution in [0.2, 0.25) is 0 Å². The third-order valence-electron chi connectivity index (χ3n) is 5.14. The molecule has 1 aliphatic carbocycles. The van der Waals surface area contributed by atoms with E-state index in [0.29, 0.717) is 13.1 Å². The van der Waals surface area contributed by atoms with E-state index in [1.807, 2.05) is 57.2 Å². The van der Waals surface area contributed by atoms with Gasteiger partial charge in [-0.25, -0.2) is 9.00 Å². The maximum absolute atomic E-state index is 12.9. The first-order valence-electron chi connectivity index (χ1n) is 10.5. The molecule has 2 unspecified atom stereocenters. The molecule has 3 rings (SSSR count). The van der Waals surface area contributed by atoms with Gasteiger partial charge in [-0.15, -0.1) is 0 Å². The van der Waals surface area contributed by atoms with Crippen molar-refractivity contribution in [2.24, 2.45) is 0 Å². The van der Waals surface area contributed by atoms with Crippen LogP contribution in [-0.2, 0) is 22.0 Å². The molecule has 0 spiro atoms. The summed E-state index contributed by atoms with van der Waals surface area (Å²) in [7, 11) is 0.600. The second kappa shape index (κ2) is 9.75. The second-order valence-corrected chi connectivity index (χ2v) is 10.2. The fraction of sp³-hybridized carbons (Fsp3) is 0.458. The van der Waals surface area contributed by atoms with Gasteiger partial charge in [-0.1, -0.05) is 24.3 Å². The first kappa shape index (κ1) is 22.5. The third-order valence-corrected chi connectivity index (χ3v) is 6.53. The lowest BCUT2D eigenvalue weighted by Gasteiger charge is -2.28. The Bertz CT molecular complexity index is 893. The Labute approximate surface area is 182 Å². The summed E-state index contributed by atoms with van der Waals surface area (Å²) in [6.07, 6.45) is 2.85. The van der Waals surface area contributed by atoms with Gasteiger partial charge in [0.1, 0.15) is 5.60 Å². The van der Waals surface area contributed by atoms with Crippen LogP contribution in [0.4, 0.5) is 4.79 Å². The Morgan fingerprint density at radius 3 is 2.60 bits per heavy atom. The van der Waals surface area contributed by atoms with Crippen molar-refractivity contribution in [2.75, 3.05) is 20.1 Å². The number of benzene rings is 2. The topological polar surface area (TPSA) is 58.6 Å². The van der Waals surface area contributed by atoms with Crippen molar-refractivity contribution in [1.29, 1.82) is 0 Å². The molecule has 0 heterocycles. The SMILES string of the molecule is CN(CCNC1CCCc2cc(S(=O)c3ccccc3)ccc21)C(=O)OC(C)(C)C. The number of rotatable bonds is 6. The van der Waals surface area contributed by atoms with Gasteiger partial charge >= 0.3 is 6.09 Å². The molecule has 0 radical (unpaired) electrons. The lowest BCUT2D eigenvalue weighted by Crippen LogP contribution is -2.39. The summed E-state index contributed by atoms with van der Waals surface area (Å²) in [6, 6.07) is 16.0. The highest BCUT2D eigenvalue weighted by atomic mass is 32.2. The van der Waals surface area contributed by atoms with Crippen LogP contribution in [0.3, 0.4) is 0 Å². The molecule has 0 aromatic heterocycles. The molecule has 30 heavy (non-hydrogen) atoms. The van der Waals surface area contributed by atoms with E-state index in [0.717, 1.165) is 29.1 Å². The number of nitrogens with zero attached hydrogens (tertiary/aromatic N) is 1. The molecular formula is C24H32N2O3S. The van der Waals surface area contributed by atoms with Gasteiger partial charge < -0.3 is 15.0 Å². The predicted octanol–water partition coefficient (Wildman–Crippen LogP) is 4.69. The van der Waals surface area contributed by atoms with Gasteiger partial charge in [0, 0.05) is 36.0 Å². The Balaban J connectivity index is 1.61. The summed E-state index contributed by atoms with van der Waals surface area (Å²) >= 11 is 0. The summed E-state index contributed by atoms with van der Waals surface area (Å²) in [5.74, 6) is 0. The van der Waals surface area contributed by atoms with Crippen LogP contribution in [0.1, 0.15) is 50.8 Å². The second-order valence-electron chi connectivity index (χ2n) is 8.74. The number of fused-ring (bicyclic) bond motifs is 1. The highest BCUT2D eigenvalue weighted by Crippen LogP contribution is 2.31. The van der Waals surface area contributed by atoms with Gasteiger partial charge in [0.05, 0.1) is 10.8 Å². The van der Waals surface area contributed by atoms with Gasteiger partial charge in [-0.05, 0) is 75.4 Å². The summed E-state index contributed by atoms with van der Waals surface area (Å²) in [5.41, 5.74) is 2.05. The van der Waals surface area contributed by atoms with Crippen molar-refractivity contribution >= 4 is 16.9 Å². The fourth-order valence-electron chi connectivity index (χ4n) is 3.64. The number of ether oxygens (including phenoxy) is 1. The standard InChI is InChI=1S/C24H32N2O3S/c1-24(2,3)29-23(27)26(4)16-15-25-22-12-8-9-18-17-20(13-14-21(18)22)30(28)19-10-6-5-7-11-19/h5-7,10-11,13-14,17,22,25H,8-9,12,15-16H2,1-4H3. The molecule has 162 valence electrons. The maximum atomic E-state index is 12.9. The van der Waals surface area contributed by atoms with Gasteiger partial charge in [0.2, 0.25) is 0 Å². The lowest BCUT2D eigenvalue weighted by atomic mass is 9.88. The average molecular weight is 429 g/mol. The quantitative estimate of drug-likeness (QED) is 0.725. The summed E-state index contributed by atoms with van der Waals surface area (Å²) in [4.78, 5) is 15.4. The number of aryl methyl sites for hydroxylation is 1. The minimum absolute atomic E-state index is 0.250. The van der Waals surface area contributed by atoms with E-state index in [1.165, 1.54) is 11.1 Å². The zero-order valence-corrected chi connectivity index (χ0v) is 19.1. The lowest BCUT2D eigenvalue weighted by molar-refractivity contribution is 0.0299. The summed E-state index contributed by atoms with van der Waals surface area (Å²) in [6.45, 7) is 6.88. The number of amides is 1. The Morgan fingerprint density at radius 1 is 1.17 bits per heavy atom. The van der Waals surface area contributed by atoms with Crippen molar-refractivity contribution in [3.63, 3.8) is 0 Å². The maximum Gasteiger partial charge on any atom is 0.410 e. The van der Waals surface area contributed by atoms with Gasteiger partial charge in [-0.3, -0.25) is 0 Å². The molecule has 0 aliphatic heterocycles. The van der Waals surface area contributed by atoms with Gasteiger partial charge in [-0.2, -0.15) is 0 Å². The number of carbonyl (C=O) groups excluding carboxylic acids is 1. The molecule has 0 bridgehead atoms. The van der Waals surface area contributed by atoms with Crippen molar-refractivity contribution in [3.8, 4) is 0 Å². The minimum atomic E-state index is -1.16. The summed E-state index contributed by atoms with van der Waals surface area (Å²) < 4.78 is 18.3. The smallest absolute Gasteiger partial charge is 0.410 e. The zero-order chi connectivity index (χ0) is 21.7. The van der Waals surface area contributed by atoms with Crippen LogP contribution in [0.5, 0.6) is 0 Å². The molecule has 2 aromatic rings. The van der Waals surface area contributed by atoms with Crippen LogP contribution in [0.15, 0.2) is 58.3 Å². The van der Waals surface area contributed by atoms with E-state index in [1.54, 1.807) is 11.9 Å². The Hall–Kier alpha value is -2.18. The monoisotopic (exact) mass is 428 g/mol. The summed E-state index contributed by atoms with van der Waals surface area (Å²) in [5, 5.41) is 3.58. The minimum Gasteiger partial charge on any atom is -0.444 e. The van der Waals surface area contributed by atoms with E-state index in [-0.39, 0.29) is 12.1 Å². The molecule has 1 N–H and O–H groups in total. The van der Waals surface area contributed by atoms with E-state index < -0.39 is 16.4 Å².